The second-order valence-corrected chi connectivity index (χ2v) is 5.96. The fourth-order valence-electron chi connectivity index (χ4n) is 1.50. The summed E-state index contributed by atoms with van der Waals surface area (Å²) in [6.45, 7) is 1.59. The molecule has 0 heterocycles. The Morgan fingerprint density at radius 2 is 2.05 bits per heavy atom. The first-order valence-electron chi connectivity index (χ1n) is 6.37. The minimum Gasteiger partial charge on any atom is -0.478 e. The third-order valence-corrected chi connectivity index (χ3v) is 4.04. The smallest absolute Gasteiger partial charge is 0.335 e. The van der Waals surface area contributed by atoms with Crippen LogP contribution in [0, 0.1) is 0 Å². The topological polar surface area (TPSA) is 102 Å². The average molecular weight is 317 g/mol. The summed E-state index contributed by atoms with van der Waals surface area (Å²) < 4.78 is 36.4. The van der Waals surface area contributed by atoms with E-state index in [0.29, 0.717) is 26.2 Å². The van der Waals surface area contributed by atoms with E-state index in [-0.39, 0.29) is 17.0 Å². The van der Waals surface area contributed by atoms with E-state index in [2.05, 4.69) is 4.72 Å². The van der Waals surface area contributed by atoms with E-state index >= 15 is 0 Å². The Bertz CT molecular complexity index is 558. The minimum absolute atomic E-state index is 0.0669. The van der Waals surface area contributed by atoms with Crippen LogP contribution in [0.2, 0.25) is 0 Å². The van der Waals surface area contributed by atoms with Crippen molar-refractivity contribution in [2.75, 3.05) is 33.5 Å². The molecule has 0 amide bonds. The van der Waals surface area contributed by atoms with Crippen molar-refractivity contribution in [1.29, 1.82) is 0 Å². The lowest BCUT2D eigenvalue weighted by atomic mass is 10.2. The second kappa shape index (κ2) is 8.73. The molecule has 1 aromatic carbocycles. The molecule has 0 aliphatic rings. The molecule has 0 aliphatic carbocycles. The van der Waals surface area contributed by atoms with Crippen LogP contribution in [0.4, 0.5) is 0 Å². The van der Waals surface area contributed by atoms with Crippen molar-refractivity contribution in [1.82, 2.24) is 4.72 Å². The lowest BCUT2D eigenvalue weighted by molar-refractivity contribution is 0.0696. The Morgan fingerprint density at radius 1 is 1.29 bits per heavy atom. The summed E-state index contributed by atoms with van der Waals surface area (Å²) in [5.74, 6) is -1.17. The van der Waals surface area contributed by atoms with Crippen LogP contribution in [0.3, 0.4) is 0 Å². The number of aromatic carboxylic acids is 1. The summed E-state index contributed by atoms with van der Waals surface area (Å²) in [5.41, 5.74) is -0.0687. The van der Waals surface area contributed by atoms with Crippen molar-refractivity contribution in [3.8, 4) is 0 Å². The highest BCUT2D eigenvalue weighted by molar-refractivity contribution is 7.89. The minimum atomic E-state index is -3.71. The number of nitrogens with one attached hydrogen (secondary N) is 1. The van der Waals surface area contributed by atoms with Gasteiger partial charge in [-0.2, -0.15) is 0 Å². The first-order valence-corrected chi connectivity index (χ1v) is 7.85. The summed E-state index contributed by atoms with van der Waals surface area (Å²) in [7, 11) is -2.14. The fourth-order valence-corrected chi connectivity index (χ4v) is 2.62. The summed E-state index contributed by atoms with van der Waals surface area (Å²) >= 11 is 0. The van der Waals surface area contributed by atoms with Gasteiger partial charge in [0.15, 0.2) is 0 Å². The van der Waals surface area contributed by atoms with E-state index in [0.717, 1.165) is 6.07 Å². The molecule has 0 atom stereocenters. The maximum absolute atomic E-state index is 12.0. The molecule has 8 heteroatoms. The third kappa shape index (κ3) is 6.21. The molecule has 0 bridgehead atoms. The summed E-state index contributed by atoms with van der Waals surface area (Å²) in [6, 6.07) is 5.21. The van der Waals surface area contributed by atoms with Gasteiger partial charge in [-0.05, 0) is 24.6 Å². The SMILES string of the molecule is COCCOCCCNS(=O)(=O)c1cccc(C(=O)O)c1. The molecule has 21 heavy (non-hydrogen) atoms. The van der Waals surface area contributed by atoms with Gasteiger partial charge in [0, 0.05) is 20.3 Å². The van der Waals surface area contributed by atoms with Crippen LogP contribution in [0.5, 0.6) is 0 Å². The molecule has 0 fully saturated rings. The molecule has 2 N–H and O–H groups in total. The van der Waals surface area contributed by atoms with Crippen LogP contribution >= 0.6 is 0 Å². The predicted molar refractivity (Wildman–Crippen MR) is 75.9 cm³/mol. The standard InChI is InChI=1S/C13H19NO6S/c1-19-8-9-20-7-3-6-14-21(17,18)12-5-2-4-11(10-12)13(15)16/h2,4-5,10,14H,3,6-9H2,1H3,(H,15,16). The maximum Gasteiger partial charge on any atom is 0.335 e. The van der Waals surface area contributed by atoms with Gasteiger partial charge >= 0.3 is 5.97 Å². The molecule has 0 spiro atoms. The zero-order valence-electron chi connectivity index (χ0n) is 11.7. The largest absolute Gasteiger partial charge is 0.478 e. The van der Waals surface area contributed by atoms with Crippen LogP contribution in [-0.4, -0.2) is 53.0 Å². The normalized spacial score (nSPS) is 11.5. The van der Waals surface area contributed by atoms with E-state index in [1.807, 2.05) is 0 Å². The number of ether oxygens (including phenoxy) is 2. The highest BCUT2D eigenvalue weighted by Gasteiger charge is 2.15. The van der Waals surface area contributed by atoms with Crippen molar-refractivity contribution in [3.05, 3.63) is 29.8 Å². The summed E-state index contributed by atoms with van der Waals surface area (Å²) in [6.07, 6.45) is 0.515. The van der Waals surface area contributed by atoms with Crippen LogP contribution < -0.4 is 4.72 Å². The number of carbonyl (C=O) groups is 1. The van der Waals surface area contributed by atoms with Gasteiger partial charge in [-0.15, -0.1) is 0 Å². The zero-order valence-corrected chi connectivity index (χ0v) is 12.6. The molecule has 0 radical (unpaired) electrons. The molecular formula is C13H19NO6S. The van der Waals surface area contributed by atoms with Crippen molar-refractivity contribution < 1.29 is 27.8 Å². The number of carboxylic acid groups (broad SMARTS) is 1. The fraction of sp³-hybridized carbons (Fsp3) is 0.462. The number of sulfonamides is 1. The third-order valence-electron chi connectivity index (χ3n) is 2.58. The quantitative estimate of drug-likeness (QED) is 0.616. The van der Waals surface area contributed by atoms with Crippen LogP contribution in [-0.2, 0) is 19.5 Å². The van der Waals surface area contributed by atoms with Gasteiger partial charge in [0.1, 0.15) is 0 Å². The van der Waals surface area contributed by atoms with Gasteiger partial charge in [-0.1, -0.05) is 6.07 Å². The number of methoxy groups -OCH3 is 1. The molecule has 0 unspecified atom stereocenters. The van der Waals surface area contributed by atoms with E-state index in [1.165, 1.54) is 18.2 Å². The lowest BCUT2D eigenvalue weighted by Crippen LogP contribution is -2.26. The van der Waals surface area contributed by atoms with Crippen LogP contribution in [0.25, 0.3) is 0 Å². The van der Waals surface area contributed by atoms with E-state index in [1.54, 1.807) is 7.11 Å². The van der Waals surface area contributed by atoms with Gasteiger partial charge in [0.2, 0.25) is 10.0 Å². The van der Waals surface area contributed by atoms with Crippen molar-refractivity contribution >= 4 is 16.0 Å². The lowest BCUT2D eigenvalue weighted by Gasteiger charge is -2.08. The van der Waals surface area contributed by atoms with E-state index in [4.69, 9.17) is 14.6 Å². The monoisotopic (exact) mass is 317 g/mol. The number of rotatable bonds is 10. The predicted octanol–water partition coefficient (Wildman–Crippen LogP) is 0.716. The molecule has 0 aliphatic heterocycles. The highest BCUT2D eigenvalue weighted by Crippen LogP contribution is 2.11. The Kier molecular flexibility index (Phi) is 7.30. The molecule has 0 saturated carbocycles. The van der Waals surface area contributed by atoms with Crippen LogP contribution in [0.15, 0.2) is 29.2 Å². The van der Waals surface area contributed by atoms with Crippen molar-refractivity contribution in [3.63, 3.8) is 0 Å². The van der Waals surface area contributed by atoms with E-state index in [9.17, 15) is 13.2 Å². The highest BCUT2D eigenvalue weighted by atomic mass is 32.2. The van der Waals surface area contributed by atoms with Crippen molar-refractivity contribution in [2.45, 2.75) is 11.3 Å². The van der Waals surface area contributed by atoms with Gasteiger partial charge in [0.05, 0.1) is 23.7 Å². The average Bonchev–Trinajstić information content (AvgIpc) is 2.46. The summed E-state index contributed by atoms with van der Waals surface area (Å²) in [5, 5.41) is 8.85. The molecular weight excluding hydrogens is 298 g/mol. The second-order valence-electron chi connectivity index (χ2n) is 4.19. The number of hydrogen-bond acceptors (Lipinski definition) is 5. The Labute approximate surface area is 123 Å². The first-order chi connectivity index (χ1) is 9.97. The van der Waals surface area contributed by atoms with Gasteiger partial charge in [-0.3, -0.25) is 0 Å². The number of benzene rings is 1. The van der Waals surface area contributed by atoms with Gasteiger partial charge in [0.25, 0.3) is 0 Å². The Balaban J connectivity index is 2.46. The zero-order chi connectivity index (χ0) is 15.7. The molecule has 0 aromatic heterocycles. The molecule has 1 rings (SSSR count). The first kappa shape index (κ1) is 17.6. The number of carboxylic acids is 1. The Morgan fingerprint density at radius 3 is 2.71 bits per heavy atom. The van der Waals surface area contributed by atoms with Crippen LogP contribution in [0.1, 0.15) is 16.8 Å². The van der Waals surface area contributed by atoms with Gasteiger partial charge in [-0.25, -0.2) is 17.9 Å². The number of hydrogen-bond donors (Lipinski definition) is 2. The molecule has 1 aromatic rings. The molecule has 118 valence electrons. The van der Waals surface area contributed by atoms with Gasteiger partial charge < -0.3 is 14.6 Å². The summed E-state index contributed by atoms with van der Waals surface area (Å²) in [4.78, 5) is 10.8. The Hall–Kier alpha value is -1.48. The molecule has 0 saturated heterocycles. The van der Waals surface area contributed by atoms with E-state index < -0.39 is 16.0 Å². The molecule has 7 nitrogen and oxygen atoms in total. The van der Waals surface area contributed by atoms with Crippen molar-refractivity contribution in [2.24, 2.45) is 0 Å². The maximum atomic E-state index is 12.0.